The normalized spacial score (nSPS) is 14.3. The second-order valence-corrected chi connectivity index (χ2v) is 7.41. The minimum Gasteiger partial charge on any atom is -0.370 e. The summed E-state index contributed by atoms with van der Waals surface area (Å²) in [5.41, 5.74) is 3.33. The maximum Gasteiger partial charge on any atom is 0.416 e. The Bertz CT molecular complexity index is 1010. The number of anilines is 1. The van der Waals surface area contributed by atoms with Crippen molar-refractivity contribution in [2.75, 3.05) is 11.9 Å². The molecule has 1 aromatic heterocycles. The first-order valence-corrected chi connectivity index (χ1v) is 9.52. The Kier molecular flexibility index (Phi) is 4.83. The van der Waals surface area contributed by atoms with Crippen LogP contribution < -0.4 is 5.32 Å². The number of aromatic nitrogens is 2. The Morgan fingerprint density at radius 3 is 2.54 bits per heavy atom. The Morgan fingerprint density at radius 1 is 1.07 bits per heavy atom. The van der Waals surface area contributed by atoms with Crippen LogP contribution in [0.3, 0.4) is 0 Å². The molecule has 1 N–H and O–H groups in total. The summed E-state index contributed by atoms with van der Waals surface area (Å²) in [6.45, 7) is 2.75. The van der Waals surface area contributed by atoms with Gasteiger partial charge in [-0.1, -0.05) is 41.4 Å². The van der Waals surface area contributed by atoms with Gasteiger partial charge in [-0.2, -0.15) is 18.3 Å². The third-order valence-corrected chi connectivity index (χ3v) is 5.28. The number of nitrogens with zero attached hydrogens (tertiary/aromatic N) is 2. The van der Waals surface area contributed by atoms with Gasteiger partial charge in [0, 0.05) is 17.7 Å². The highest BCUT2D eigenvalue weighted by molar-refractivity contribution is 6.32. The van der Waals surface area contributed by atoms with Gasteiger partial charge in [-0.15, -0.1) is 0 Å². The molecule has 3 nitrogen and oxygen atoms in total. The van der Waals surface area contributed by atoms with Gasteiger partial charge in [-0.3, -0.25) is 0 Å². The van der Waals surface area contributed by atoms with E-state index in [1.54, 1.807) is 0 Å². The fraction of sp³-hybridized carbons (Fsp3) is 0.286. The third-order valence-electron chi connectivity index (χ3n) is 4.96. The summed E-state index contributed by atoms with van der Waals surface area (Å²) in [7, 11) is 0. The van der Waals surface area contributed by atoms with Crippen molar-refractivity contribution in [2.45, 2.75) is 32.4 Å². The lowest BCUT2D eigenvalue weighted by Crippen LogP contribution is -2.10. The first kappa shape index (κ1) is 18.9. The van der Waals surface area contributed by atoms with Crippen LogP contribution in [0.2, 0.25) is 5.02 Å². The predicted molar refractivity (Wildman–Crippen MR) is 105 cm³/mol. The van der Waals surface area contributed by atoms with E-state index in [0.717, 1.165) is 60.3 Å². The molecule has 4 rings (SSSR count). The second kappa shape index (κ2) is 7.17. The lowest BCUT2D eigenvalue weighted by molar-refractivity contribution is -0.137. The number of halogens is 4. The SMILES string of the molecule is Cc1ccc(-c2nn(-c3cc(C(F)(F)F)ccc3Cl)c3c2CCCCN3)cc1. The number of hydrogen-bond acceptors (Lipinski definition) is 2. The summed E-state index contributed by atoms with van der Waals surface area (Å²) < 4.78 is 41.2. The number of rotatable bonds is 2. The van der Waals surface area contributed by atoms with Gasteiger partial charge in [-0.05, 0) is 44.4 Å². The number of alkyl halides is 3. The van der Waals surface area contributed by atoms with Crippen LogP contribution in [0, 0.1) is 6.92 Å². The summed E-state index contributed by atoms with van der Waals surface area (Å²) in [4.78, 5) is 0. The molecule has 0 spiro atoms. The Hall–Kier alpha value is -2.47. The van der Waals surface area contributed by atoms with Crippen LogP contribution in [0.5, 0.6) is 0 Å². The quantitative estimate of drug-likeness (QED) is 0.544. The lowest BCUT2D eigenvalue weighted by Gasteiger charge is -2.13. The highest BCUT2D eigenvalue weighted by atomic mass is 35.5. The maximum absolute atomic E-state index is 13.2. The number of benzene rings is 2. The highest BCUT2D eigenvalue weighted by Crippen LogP contribution is 2.38. The highest BCUT2D eigenvalue weighted by Gasteiger charge is 2.32. The van der Waals surface area contributed by atoms with Gasteiger partial charge in [0.1, 0.15) is 5.82 Å². The van der Waals surface area contributed by atoms with Crippen molar-refractivity contribution in [3.8, 4) is 16.9 Å². The first-order valence-electron chi connectivity index (χ1n) is 9.14. The Labute approximate surface area is 166 Å². The molecule has 28 heavy (non-hydrogen) atoms. The van der Waals surface area contributed by atoms with Crippen molar-refractivity contribution in [3.05, 3.63) is 64.2 Å². The second-order valence-electron chi connectivity index (χ2n) is 7.00. The van der Waals surface area contributed by atoms with Gasteiger partial charge in [0.05, 0.1) is 22.0 Å². The molecule has 0 saturated heterocycles. The van der Waals surface area contributed by atoms with Crippen LogP contribution in [0.25, 0.3) is 16.9 Å². The molecular weight excluding hydrogens is 387 g/mol. The van der Waals surface area contributed by atoms with E-state index < -0.39 is 11.7 Å². The summed E-state index contributed by atoms with van der Waals surface area (Å²) in [6, 6.07) is 11.3. The van der Waals surface area contributed by atoms with Crippen molar-refractivity contribution < 1.29 is 13.2 Å². The van der Waals surface area contributed by atoms with E-state index in [1.165, 1.54) is 10.7 Å². The van der Waals surface area contributed by atoms with Crippen molar-refractivity contribution >= 4 is 17.4 Å². The van der Waals surface area contributed by atoms with Crippen LogP contribution in [-0.2, 0) is 12.6 Å². The molecule has 0 fully saturated rings. The zero-order chi connectivity index (χ0) is 19.9. The van der Waals surface area contributed by atoms with E-state index in [4.69, 9.17) is 16.7 Å². The molecule has 2 heterocycles. The molecular formula is C21H19ClF3N3. The van der Waals surface area contributed by atoms with Gasteiger partial charge in [0.25, 0.3) is 0 Å². The molecule has 0 aliphatic carbocycles. The van der Waals surface area contributed by atoms with Gasteiger partial charge >= 0.3 is 6.18 Å². The summed E-state index contributed by atoms with van der Waals surface area (Å²) in [5.74, 6) is 0.717. The van der Waals surface area contributed by atoms with Gasteiger partial charge < -0.3 is 5.32 Å². The predicted octanol–water partition coefficient (Wildman–Crippen LogP) is 6.27. The molecule has 0 atom stereocenters. The van der Waals surface area contributed by atoms with Gasteiger partial charge in [-0.25, -0.2) is 4.68 Å². The lowest BCUT2D eigenvalue weighted by atomic mass is 10.0. The summed E-state index contributed by atoms with van der Waals surface area (Å²) in [6.07, 6.45) is -1.67. The molecule has 7 heteroatoms. The smallest absolute Gasteiger partial charge is 0.370 e. The fourth-order valence-electron chi connectivity index (χ4n) is 3.47. The molecule has 146 valence electrons. The van der Waals surface area contributed by atoms with E-state index in [1.807, 2.05) is 31.2 Å². The molecule has 2 aromatic carbocycles. The number of hydrogen-bond donors (Lipinski definition) is 1. The number of fused-ring (bicyclic) bond motifs is 1. The minimum absolute atomic E-state index is 0.222. The van der Waals surface area contributed by atoms with Crippen LogP contribution in [0.1, 0.15) is 29.5 Å². The Balaban J connectivity index is 1.92. The monoisotopic (exact) mass is 405 g/mol. The van der Waals surface area contributed by atoms with Gasteiger partial charge in [0.2, 0.25) is 0 Å². The van der Waals surface area contributed by atoms with Crippen molar-refractivity contribution in [1.29, 1.82) is 0 Å². The number of aryl methyl sites for hydroxylation is 1. The minimum atomic E-state index is -4.45. The molecule has 0 bridgehead atoms. The van der Waals surface area contributed by atoms with E-state index in [2.05, 4.69) is 5.32 Å². The third kappa shape index (κ3) is 3.49. The van der Waals surface area contributed by atoms with Crippen LogP contribution in [-0.4, -0.2) is 16.3 Å². The first-order chi connectivity index (χ1) is 13.3. The standard InChI is InChI=1S/C21H19ClF3N3/c1-13-5-7-14(8-6-13)19-16-4-2-3-11-26-20(16)28(27-19)18-12-15(21(23,24)25)9-10-17(18)22/h5-10,12,26H,2-4,11H2,1H3. The zero-order valence-electron chi connectivity index (χ0n) is 15.3. The summed E-state index contributed by atoms with van der Waals surface area (Å²) in [5, 5.41) is 8.25. The Morgan fingerprint density at radius 2 is 1.82 bits per heavy atom. The molecule has 0 saturated carbocycles. The summed E-state index contributed by atoms with van der Waals surface area (Å²) >= 11 is 6.28. The fourth-order valence-corrected chi connectivity index (χ4v) is 3.67. The zero-order valence-corrected chi connectivity index (χ0v) is 16.0. The van der Waals surface area contributed by atoms with E-state index >= 15 is 0 Å². The van der Waals surface area contributed by atoms with Crippen molar-refractivity contribution in [3.63, 3.8) is 0 Å². The van der Waals surface area contributed by atoms with Crippen molar-refractivity contribution in [1.82, 2.24) is 9.78 Å². The van der Waals surface area contributed by atoms with E-state index in [0.29, 0.717) is 5.82 Å². The number of nitrogens with one attached hydrogen (secondary N) is 1. The van der Waals surface area contributed by atoms with E-state index in [9.17, 15) is 13.2 Å². The van der Waals surface area contributed by atoms with Gasteiger partial charge in [0.15, 0.2) is 0 Å². The average molecular weight is 406 g/mol. The van der Waals surface area contributed by atoms with Crippen LogP contribution in [0.4, 0.5) is 19.0 Å². The van der Waals surface area contributed by atoms with Crippen LogP contribution in [0.15, 0.2) is 42.5 Å². The van der Waals surface area contributed by atoms with Crippen molar-refractivity contribution in [2.24, 2.45) is 0 Å². The molecule has 3 aromatic rings. The molecule has 1 aliphatic rings. The molecule has 1 aliphatic heterocycles. The molecule has 0 unspecified atom stereocenters. The maximum atomic E-state index is 13.2. The van der Waals surface area contributed by atoms with E-state index in [-0.39, 0.29) is 10.7 Å². The average Bonchev–Trinajstić information content (AvgIpc) is 2.83. The topological polar surface area (TPSA) is 29.9 Å². The largest absolute Gasteiger partial charge is 0.416 e. The molecule has 0 radical (unpaired) electrons. The molecule has 0 amide bonds. The van der Waals surface area contributed by atoms with Crippen LogP contribution >= 0.6 is 11.6 Å².